The van der Waals surface area contributed by atoms with Crippen LogP contribution < -0.4 is 5.32 Å². The van der Waals surface area contributed by atoms with Gasteiger partial charge in [-0.15, -0.1) is 0 Å². The first-order valence-corrected chi connectivity index (χ1v) is 7.55. The Kier molecular flexibility index (Phi) is 5.96. The predicted octanol–water partition coefficient (Wildman–Crippen LogP) is 2.81. The van der Waals surface area contributed by atoms with Crippen LogP contribution in [0.4, 0.5) is 0 Å². The van der Waals surface area contributed by atoms with Gasteiger partial charge >= 0.3 is 0 Å². The van der Waals surface area contributed by atoms with Crippen molar-refractivity contribution in [2.45, 2.75) is 38.5 Å². The fourth-order valence-electron chi connectivity index (χ4n) is 2.71. The van der Waals surface area contributed by atoms with Gasteiger partial charge in [0.25, 0.3) is 0 Å². The third-order valence-electron chi connectivity index (χ3n) is 3.79. The molecule has 2 unspecified atom stereocenters. The molecule has 2 aromatic rings. The molecule has 21 heavy (non-hydrogen) atoms. The molecule has 2 rings (SSSR count). The summed E-state index contributed by atoms with van der Waals surface area (Å²) in [6.07, 6.45) is 5.90. The average Bonchev–Trinajstić information content (AvgIpc) is 2.95. The van der Waals surface area contributed by atoms with Crippen LogP contribution in [0.3, 0.4) is 0 Å². The van der Waals surface area contributed by atoms with Crippen molar-refractivity contribution in [1.82, 2.24) is 14.9 Å². The highest BCUT2D eigenvalue weighted by Crippen LogP contribution is 2.22. The molecule has 0 aliphatic heterocycles. The summed E-state index contributed by atoms with van der Waals surface area (Å²) in [5.74, 6) is 1.11. The number of methoxy groups -OCH3 is 1. The quantitative estimate of drug-likeness (QED) is 0.811. The summed E-state index contributed by atoms with van der Waals surface area (Å²) in [5.41, 5.74) is 1.19. The number of imidazole rings is 1. The zero-order chi connectivity index (χ0) is 15.1. The number of likely N-dealkylation sites (N-methyl/N-ethyl adjacent to an activating group) is 1. The van der Waals surface area contributed by atoms with E-state index in [4.69, 9.17) is 4.74 Å². The van der Waals surface area contributed by atoms with Gasteiger partial charge in [0.1, 0.15) is 5.82 Å². The van der Waals surface area contributed by atoms with Gasteiger partial charge in [-0.2, -0.15) is 0 Å². The van der Waals surface area contributed by atoms with E-state index in [-0.39, 0.29) is 12.1 Å². The Morgan fingerprint density at radius 3 is 2.67 bits per heavy atom. The van der Waals surface area contributed by atoms with Gasteiger partial charge in [0.05, 0.1) is 6.10 Å². The van der Waals surface area contributed by atoms with Gasteiger partial charge in [-0.3, -0.25) is 0 Å². The first kappa shape index (κ1) is 15.7. The summed E-state index contributed by atoms with van der Waals surface area (Å²) in [6.45, 7) is 3.19. The third-order valence-corrected chi connectivity index (χ3v) is 3.79. The molecule has 0 aliphatic rings. The van der Waals surface area contributed by atoms with E-state index in [9.17, 15) is 0 Å². The summed E-state index contributed by atoms with van der Waals surface area (Å²) in [4.78, 5) is 4.50. The van der Waals surface area contributed by atoms with E-state index >= 15 is 0 Å². The normalized spacial score (nSPS) is 14.0. The van der Waals surface area contributed by atoms with Gasteiger partial charge in [0.2, 0.25) is 0 Å². The molecule has 1 aromatic heterocycles. The molecule has 4 heteroatoms. The fraction of sp³-hybridized carbons (Fsp3) is 0.471. The molecule has 1 aromatic carbocycles. The van der Waals surface area contributed by atoms with E-state index in [0.29, 0.717) is 0 Å². The van der Waals surface area contributed by atoms with Gasteiger partial charge in [-0.05, 0) is 19.0 Å². The van der Waals surface area contributed by atoms with E-state index in [2.05, 4.69) is 40.1 Å². The topological polar surface area (TPSA) is 39.1 Å². The van der Waals surface area contributed by atoms with Crippen LogP contribution in [-0.4, -0.2) is 29.8 Å². The molecule has 0 saturated carbocycles. The second kappa shape index (κ2) is 7.96. The molecule has 1 N–H and O–H groups in total. The molecular formula is C17H25N3O. The number of nitrogens with zero attached hydrogens (tertiary/aromatic N) is 2. The van der Waals surface area contributed by atoms with Crippen LogP contribution in [0.25, 0.3) is 0 Å². The van der Waals surface area contributed by atoms with Gasteiger partial charge in [-0.1, -0.05) is 37.3 Å². The summed E-state index contributed by atoms with van der Waals surface area (Å²) in [7, 11) is 3.74. The van der Waals surface area contributed by atoms with E-state index in [1.54, 1.807) is 7.11 Å². The van der Waals surface area contributed by atoms with Crippen molar-refractivity contribution in [2.24, 2.45) is 0 Å². The van der Waals surface area contributed by atoms with Crippen molar-refractivity contribution in [2.75, 3.05) is 14.2 Å². The second-order valence-corrected chi connectivity index (χ2v) is 5.20. The molecule has 0 amide bonds. The van der Waals surface area contributed by atoms with Crippen molar-refractivity contribution in [1.29, 1.82) is 0 Å². The summed E-state index contributed by atoms with van der Waals surface area (Å²) in [5, 5.41) is 3.38. The van der Waals surface area contributed by atoms with Crippen LogP contribution >= 0.6 is 0 Å². The minimum Gasteiger partial charge on any atom is -0.375 e. The molecule has 0 spiro atoms. The molecule has 1 heterocycles. The Bertz CT molecular complexity index is 524. The Balaban J connectivity index is 2.16. The number of rotatable bonds is 8. The van der Waals surface area contributed by atoms with Crippen molar-refractivity contribution < 1.29 is 4.74 Å². The van der Waals surface area contributed by atoms with Gasteiger partial charge in [0.15, 0.2) is 0 Å². The standard InChI is InChI=1S/C17H25N3O/c1-4-11-20-12-10-19-16(20)13-15(18-2)17(21-3)14-8-6-5-7-9-14/h5-10,12,15,17-18H,4,11,13H2,1-3H3. The number of hydrogen-bond donors (Lipinski definition) is 1. The highest BCUT2D eigenvalue weighted by molar-refractivity contribution is 5.20. The van der Waals surface area contributed by atoms with Gasteiger partial charge < -0.3 is 14.6 Å². The van der Waals surface area contributed by atoms with Crippen LogP contribution in [-0.2, 0) is 17.7 Å². The maximum Gasteiger partial charge on any atom is 0.110 e. The van der Waals surface area contributed by atoms with Gasteiger partial charge in [0, 0.05) is 38.5 Å². The summed E-state index contributed by atoms with van der Waals surface area (Å²) < 4.78 is 7.96. The number of ether oxygens (including phenoxy) is 1. The molecular weight excluding hydrogens is 262 g/mol. The lowest BCUT2D eigenvalue weighted by Gasteiger charge is -2.26. The monoisotopic (exact) mass is 287 g/mol. The SMILES string of the molecule is CCCn1ccnc1CC(NC)C(OC)c1ccccc1. The summed E-state index contributed by atoms with van der Waals surface area (Å²) in [6, 6.07) is 10.5. The molecule has 0 aliphatic carbocycles. The van der Waals surface area contributed by atoms with E-state index in [0.717, 1.165) is 25.2 Å². The van der Waals surface area contributed by atoms with Crippen molar-refractivity contribution in [3.05, 3.63) is 54.1 Å². The minimum atomic E-state index is 0.0166. The highest BCUT2D eigenvalue weighted by Gasteiger charge is 2.23. The van der Waals surface area contributed by atoms with Gasteiger partial charge in [-0.25, -0.2) is 4.98 Å². The number of nitrogens with one attached hydrogen (secondary N) is 1. The van der Waals surface area contributed by atoms with Crippen molar-refractivity contribution in [3.8, 4) is 0 Å². The predicted molar refractivity (Wildman–Crippen MR) is 85.3 cm³/mol. The van der Waals surface area contributed by atoms with Crippen molar-refractivity contribution >= 4 is 0 Å². The zero-order valence-corrected chi connectivity index (χ0v) is 13.1. The zero-order valence-electron chi connectivity index (χ0n) is 13.1. The number of aryl methyl sites for hydroxylation is 1. The lowest BCUT2D eigenvalue weighted by Crippen LogP contribution is -2.36. The number of benzene rings is 1. The Morgan fingerprint density at radius 1 is 1.29 bits per heavy atom. The Labute approximate surface area is 127 Å². The van der Waals surface area contributed by atoms with Crippen LogP contribution in [0.15, 0.2) is 42.7 Å². The van der Waals surface area contributed by atoms with Crippen LogP contribution in [0.5, 0.6) is 0 Å². The molecule has 0 saturated heterocycles. The second-order valence-electron chi connectivity index (χ2n) is 5.20. The molecule has 0 bridgehead atoms. The minimum absolute atomic E-state index is 0.0166. The maximum atomic E-state index is 5.74. The van der Waals surface area contributed by atoms with Crippen LogP contribution in [0, 0.1) is 0 Å². The smallest absolute Gasteiger partial charge is 0.110 e. The van der Waals surface area contributed by atoms with E-state index in [1.165, 1.54) is 5.56 Å². The van der Waals surface area contributed by atoms with Crippen LogP contribution in [0.1, 0.15) is 30.8 Å². The van der Waals surface area contributed by atoms with E-state index in [1.807, 2.05) is 31.4 Å². The highest BCUT2D eigenvalue weighted by atomic mass is 16.5. The third kappa shape index (κ3) is 3.93. The number of aromatic nitrogens is 2. The van der Waals surface area contributed by atoms with E-state index < -0.39 is 0 Å². The lowest BCUT2D eigenvalue weighted by atomic mass is 9.99. The Hall–Kier alpha value is -1.65. The largest absolute Gasteiger partial charge is 0.375 e. The average molecular weight is 287 g/mol. The summed E-state index contributed by atoms with van der Waals surface area (Å²) >= 11 is 0. The molecule has 0 radical (unpaired) electrons. The fourth-order valence-corrected chi connectivity index (χ4v) is 2.71. The lowest BCUT2D eigenvalue weighted by molar-refractivity contribution is 0.0695. The van der Waals surface area contributed by atoms with Crippen molar-refractivity contribution in [3.63, 3.8) is 0 Å². The molecule has 114 valence electrons. The first-order valence-electron chi connectivity index (χ1n) is 7.55. The Morgan fingerprint density at radius 2 is 2.05 bits per heavy atom. The molecule has 2 atom stereocenters. The molecule has 4 nitrogen and oxygen atoms in total. The number of hydrogen-bond acceptors (Lipinski definition) is 3. The molecule has 0 fully saturated rings. The van der Waals surface area contributed by atoms with Crippen LogP contribution in [0.2, 0.25) is 0 Å². The first-order chi connectivity index (χ1) is 10.3. The maximum absolute atomic E-state index is 5.74.